The van der Waals surface area contributed by atoms with Crippen molar-refractivity contribution in [1.29, 1.82) is 0 Å². The van der Waals surface area contributed by atoms with Gasteiger partial charge in [-0.3, -0.25) is 0 Å². The standard InChI is InChI=1S/C94H61N3/c1-3-19-62(20-4-1)70-23-13-28-75(55-70)77-30-15-25-72(57-77)64-41-47-67(48-42-64)91-95-92(68-49-43-65(44-50-68)73-26-16-31-78(58-73)80-33-18-32-79(60-80)76-29-14-24-71(56-76)63-21-5-2-6-22-63)97-93(96-91)69-51-45-66(46-52-69)74-27-17-34-81(59-74)82-53-54-86-85-37-9-12-40-89(85)94(90(86)61-82)87-38-10-7-35-83(87)84-36-8-11-39-88(84)94/h1-61H. The van der Waals surface area contributed by atoms with Gasteiger partial charge >= 0.3 is 0 Å². The van der Waals surface area contributed by atoms with Crippen LogP contribution in [0.5, 0.6) is 0 Å². The molecule has 0 aliphatic heterocycles. The zero-order valence-electron chi connectivity index (χ0n) is 53.1. The molecule has 0 saturated carbocycles. The van der Waals surface area contributed by atoms with Crippen molar-refractivity contribution in [1.82, 2.24) is 15.0 Å². The maximum atomic E-state index is 5.28. The maximum Gasteiger partial charge on any atom is 0.164 e. The molecule has 0 atom stereocenters. The smallest absolute Gasteiger partial charge is 0.164 e. The second kappa shape index (κ2) is 24.0. The Morgan fingerprint density at radius 2 is 0.330 bits per heavy atom. The summed E-state index contributed by atoms with van der Waals surface area (Å²) in [6, 6.07) is 134. The van der Waals surface area contributed by atoms with Gasteiger partial charge in [0.25, 0.3) is 0 Å². The largest absolute Gasteiger partial charge is 0.208 e. The van der Waals surface area contributed by atoms with E-state index in [-0.39, 0.29) is 0 Å². The van der Waals surface area contributed by atoms with Crippen molar-refractivity contribution in [3.8, 4) is 157 Å². The summed E-state index contributed by atoms with van der Waals surface area (Å²) in [6.45, 7) is 0. The lowest BCUT2D eigenvalue weighted by Crippen LogP contribution is -2.25. The predicted octanol–water partition coefficient (Wildman–Crippen LogP) is 24.2. The molecule has 452 valence electrons. The van der Waals surface area contributed by atoms with Gasteiger partial charge in [0.15, 0.2) is 17.5 Å². The number of hydrogen-bond donors (Lipinski definition) is 0. The lowest BCUT2D eigenvalue weighted by molar-refractivity contribution is 0.794. The fourth-order valence-electron chi connectivity index (χ4n) is 15.0. The topological polar surface area (TPSA) is 38.7 Å². The highest BCUT2D eigenvalue weighted by molar-refractivity contribution is 5.96. The highest BCUT2D eigenvalue weighted by Crippen LogP contribution is 2.63. The Bertz CT molecular complexity index is 5610. The highest BCUT2D eigenvalue weighted by atomic mass is 15.0. The van der Waals surface area contributed by atoms with E-state index in [0.717, 1.165) is 66.8 Å². The van der Waals surface area contributed by atoms with E-state index in [0.29, 0.717) is 17.5 Å². The molecule has 0 N–H and O–H groups in total. The summed E-state index contributed by atoms with van der Waals surface area (Å²) in [7, 11) is 0. The normalized spacial score (nSPS) is 12.2. The third-order valence-electron chi connectivity index (χ3n) is 19.8. The highest BCUT2D eigenvalue weighted by Gasteiger charge is 2.51. The zero-order valence-corrected chi connectivity index (χ0v) is 53.1. The first-order valence-corrected chi connectivity index (χ1v) is 33.3. The number of nitrogens with zero attached hydrogens (tertiary/aromatic N) is 3. The molecule has 16 aromatic rings. The molecule has 0 unspecified atom stereocenters. The molecule has 1 heterocycles. The number of hydrogen-bond acceptors (Lipinski definition) is 3. The van der Waals surface area contributed by atoms with Crippen LogP contribution in [0.15, 0.2) is 370 Å². The molecule has 3 heteroatoms. The minimum atomic E-state index is -0.409. The Labute approximate surface area is 565 Å². The summed E-state index contributed by atoms with van der Waals surface area (Å²) in [5, 5.41) is 0. The molecule has 2 aliphatic carbocycles. The number of aromatic nitrogens is 3. The molecule has 0 radical (unpaired) electrons. The van der Waals surface area contributed by atoms with Crippen LogP contribution >= 0.6 is 0 Å². The van der Waals surface area contributed by atoms with Crippen LogP contribution in [0.25, 0.3) is 157 Å². The van der Waals surface area contributed by atoms with Crippen LogP contribution in [-0.4, -0.2) is 15.0 Å². The molecule has 18 rings (SSSR count). The molecule has 1 aromatic heterocycles. The SMILES string of the molecule is c1ccc(-c2cccc(-c3cccc(-c4ccc(-c5nc(-c6ccc(-c7cccc(-c8cccc(-c9cccc(-c%10ccccc%10)c9)c8)c7)cc6)nc(-c6ccc(-c7cccc(-c8ccc9c(c8)C8(c%10ccccc%10-c%10ccccc%108)c8ccccc8-9)c7)cc6)n5)cc4)c3)c2)cc1. The first-order chi connectivity index (χ1) is 48.0. The van der Waals surface area contributed by atoms with Crippen molar-refractivity contribution in [3.63, 3.8) is 0 Å². The van der Waals surface area contributed by atoms with Gasteiger partial charge in [-0.1, -0.05) is 328 Å². The van der Waals surface area contributed by atoms with E-state index in [1.165, 1.54) is 94.6 Å². The molecule has 1 spiro atoms. The maximum absolute atomic E-state index is 5.28. The Hall–Kier alpha value is -12.7. The van der Waals surface area contributed by atoms with E-state index in [2.05, 4.69) is 370 Å². The molecule has 97 heavy (non-hydrogen) atoms. The van der Waals surface area contributed by atoms with Crippen LogP contribution in [0.1, 0.15) is 22.3 Å². The molecule has 0 bridgehead atoms. The minimum absolute atomic E-state index is 0.409. The zero-order chi connectivity index (χ0) is 64.2. The lowest BCUT2D eigenvalue weighted by atomic mass is 9.70. The van der Waals surface area contributed by atoms with Crippen molar-refractivity contribution in [2.75, 3.05) is 0 Å². The quantitative estimate of drug-likeness (QED) is 0.122. The van der Waals surface area contributed by atoms with E-state index in [9.17, 15) is 0 Å². The summed E-state index contributed by atoms with van der Waals surface area (Å²) in [4.78, 5) is 15.8. The molecule has 0 amide bonds. The fourth-order valence-corrected chi connectivity index (χ4v) is 15.0. The van der Waals surface area contributed by atoms with E-state index in [4.69, 9.17) is 15.0 Å². The molecule has 0 fully saturated rings. The Morgan fingerprint density at radius 3 is 0.619 bits per heavy atom. The summed E-state index contributed by atoms with van der Waals surface area (Å²) in [5.41, 5.74) is 33.8. The second-order valence-electron chi connectivity index (χ2n) is 25.4. The Morgan fingerprint density at radius 1 is 0.134 bits per heavy atom. The molecule has 15 aromatic carbocycles. The third-order valence-corrected chi connectivity index (χ3v) is 19.8. The number of benzene rings is 15. The second-order valence-corrected chi connectivity index (χ2v) is 25.4. The van der Waals surface area contributed by atoms with E-state index in [1.54, 1.807) is 0 Å². The molecule has 2 aliphatic rings. The van der Waals surface area contributed by atoms with Gasteiger partial charge < -0.3 is 0 Å². The lowest BCUT2D eigenvalue weighted by Gasteiger charge is -2.30. The molecule has 3 nitrogen and oxygen atoms in total. The van der Waals surface area contributed by atoms with Crippen LogP contribution in [0.3, 0.4) is 0 Å². The molecular formula is C94H61N3. The van der Waals surface area contributed by atoms with E-state index >= 15 is 0 Å². The average molecular weight is 1230 g/mol. The monoisotopic (exact) mass is 1230 g/mol. The number of rotatable bonds is 12. The van der Waals surface area contributed by atoms with Crippen LogP contribution in [-0.2, 0) is 5.41 Å². The minimum Gasteiger partial charge on any atom is -0.208 e. The van der Waals surface area contributed by atoms with Gasteiger partial charge in [-0.05, 0) is 187 Å². The summed E-state index contributed by atoms with van der Waals surface area (Å²) < 4.78 is 0. The van der Waals surface area contributed by atoms with Crippen molar-refractivity contribution in [3.05, 3.63) is 392 Å². The van der Waals surface area contributed by atoms with Gasteiger partial charge in [-0.2, -0.15) is 0 Å². The average Bonchev–Trinajstić information content (AvgIpc) is 1.51. The summed E-state index contributed by atoms with van der Waals surface area (Å²) >= 11 is 0. The van der Waals surface area contributed by atoms with Crippen LogP contribution in [0.2, 0.25) is 0 Å². The predicted molar refractivity (Wildman–Crippen MR) is 401 cm³/mol. The van der Waals surface area contributed by atoms with E-state index < -0.39 is 5.41 Å². The molecule has 0 saturated heterocycles. The third kappa shape index (κ3) is 10.3. The van der Waals surface area contributed by atoms with Crippen LogP contribution in [0.4, 0.5) is 0 Å². The van der Waals surface area contributed by atoms with Crippen molar-refractivity contribution < 1.29 is 0 Å². The van der Waals surface area contributed by atoms with Crippen molar-refractivity contribution in [2.24, 2.45) is 0 Å². The van der Waals surface area contributed by atoms with Crippen molar-refractivity contribution >= 4 is 0 Å². The van der Waals surface area contributed by atoms with Gasteiger partial charge in [-0.25, -0.2) is 15.0 Å². The van der Waals surface area contributed by atoms with Crippen LogP contribution in [0, 0.1) is 0 Å². The van der Waals surface area contributed by atoms with Gasteiger partial charge in [0, 0.05) is 16.7 Å². The Kier molecular flexibility index (Phi) is 14.1. The number of fused-ring (bicyclic) bond motifs is 10. The first-order valence-electron chi connectivity index (χ1n) is 33.3. The van der Waals surface area contributed by atoms with E-state index in [1.807, 2.05) is 0 Å². The van der Waals surface area contributed by atoms with Gasteiger partial charge in [0.05, 0.1) is 5.41 Å². The van der Waals surface area contributed by atoms with Gasteiger partial charge in [-0.15, -0.1) is 0 Å². The fraction of sp³-hybridized carbons (Fsp3) is 0.0106. The summed E-state index contributed by atoms with van der Waals surface area (Å²) in [5.74, 6) is 1.80. The summed E-state index contributed by atoms with van der Waals surface area (Å²) in [6.07, 6.45) is 0. The van der Waals surface area contributed by atoms with Gasteiger partial charge in [0.1, 0.15) is 0 Å². The van der Waals surface area contributed by atoms with Gasteiger partial charge in [0.2, 0.25) is 0 Å². The first kappa shape index (κ1) is 57.0. The molecular weight excluding hydrogens is 1170 g/mol. The van der Waals surface area contributed by atoms with Crippen molar-refractivity contribution in [2.45, 2.75) is 5.41 Å². The Balaban J connectivity index is 0.669. The van der Waals surface area contributed by atoms with Crippen LogP contribution < -0.4 is 0 Å².